The number of anilines is 1. The van der Waals surface area contributed by atoms with Gasteiger partial charge in [0.15, 0.2) is 0 Å². The minimum atomic E-state index is -0.412. The Morgan fingerprint density at radius 2 is 2.31 bits per heavy atom. The molecule has 1 amide bonds. The van der Waals surface area contributed by atoms with E-state index in [1.54, 1.807) is 0 Å². The molecule has 0 radical (unpaired) electrons. The molecule has 0 spiro atoms. The molecule has 1 aromatic rings. The van der Waals surface area contributed by atoms with Crippen LogP contribution in [0, 0.1) is 11.7 Å². The topological polar surface area (TPSA) is 54.0 Å². The summed E-state index contributed by atoms with van der Waals surface area (Å²) in [5.74, 6) is 0.556. The summed E-state index contributed by atoms with van der Waals surface area (Å²) in [5, 5.41) is 5.65. The lowest BCUT2D eigenvalue weighted by Gasteiger charge is -2.05. The predicted octanol–water partition coefficient (Wildman–Crippen LogP) is 1.16. The number of nitrogens with one attached hydrogen (secondary N) is 2. The van der Waals surface area contributed by atoms with Crippen molar-refractivity contribution in [2.24, 2.45) is 5.92 Å². The highest BCUT2D eigenvalue weighted by Gasteiger charge is 2.20. The molecule has 16 heavy (non-hydrogen) atoms. The largest absolute Gasteiger partial charge is 0.310 e. The lowest BCUT2D eigenvalue weighted by atomic mass is 10.4. The van der Waals surface area contributed by atoms with Crippen molar-refractivity contribution >= 4 is 11.7 Å². The van der Waals surface area contributed by atoms with E-state index in [-0.39, 0.29) is 12.5 Å². The summed E-state index contributed by atoms with van der Waals surface area (Å²) in [7, 11) is 0. The number of aromatic nitrogens is 1. The summed E-state index contributed by atoms with van der Waals surface area (Å²) in [5.41, 5.74) is 0. The number of hydrogen-bond donors (Lipinski definition) is 2. The van der Waals surface area contributed by atoms with Gasteiger partial charge in [-0.2, -0.15) is 0 Å². The van der Waals surface area contributed by atoms with Crippen molar-refractivity contribution in [1.29, 1.82) is 0 Å². The molecule has 0 unspecified atom stereocenters. The summed E-state index contributed by atoms with van der Waals surface area (Å²) in [6.07, 6.45) is 3.59. The Kier molecular flexibility index (Phi) is 3.46. The average molecular weight is 223 g/mol. The van der Waals surface area contributed by atoms with Gasteiger partial charge in [0, 0.05) is 0 Å². The monoisotopic (exact) mass is 223 g/mol. The quantitative estimate of drug-likeness (QED) is 0.787. The van der Waals surface area contributed by atoms with Gasteiger partial charge in [-0.05, 0) is 37.4 Å². The van der Waals surface area contributed by atoms with Gasteiger partial charge < -0.3 is 10.6 Å². The van der Waals surface area contributed by atoms with Crippen LogP contribution in [0.4, 0.5) is 10.2 Å². The molecule has 4 nitrogen and oxygen atoms in total. The number of pyridine rings is 1. The van der Waals surface area contributed by atoms with Gasteiger partial charge in [0.1, 0.15) is 11.6 Å². The Balaban J connectivity index is 1.70. The second-order valence-electron chi connectivity index (χ2n) is 3.98. The number of rotatable bonds is 5. The molecule has 1 aromatic heterocycles. The Bertz CT molecular complexity index is 362. The minimum absolute atomic E-state index is 0.153. The van der Waals surface area contributed by atoms with Crippen LogP contribution in [-0.4, -0.2) is 24.0 Å². The summed E-state index contributed by atoms with van der Waals surface area (Å²) in [6.45, 7) is 1.17. The van der Waals surface area contributed by atoms with Crippen LogP contribution in [0.5, 0.6) is 0 Å². The lowest BCUT2D eigenvalue weighted by molar-refractivity contribution is -0.115. The van der Waals surface area contributed by atoms with Crippen LogP contribution in [0.15, 0.2) is 18.3 Å². The van der Waals surface area contributed by atoms with Crippen LogP contribution in [0.2, 0.25) is 0 Å². The highest BCUT2D eigenvalue weighted by molar-refractivity contribution is 5.91. The van der Waals surface area contributed by atoms with Crippen LogP contribution in [-0.2, 0) is 4.79 Å². The Labute approximate surface area is 93.3 Å². The summed E-state index contributed by atoms with van der Waals surface area (Å²) in [4.78, 5) is 15.1. The molecule has 0 aromatic carbocycles. The van der Waals surface area contributed by atoms with Crippen molar-refractivity contribution in [3.63, 3.8) is 0 Å². The van der Waals surface area contributed by atoms with E-state index >= 15 is 0 Å². The van der Waals surface area contributed by atoms with Gasteiger partial charge in [0.25, 0.3) is 0 Å². The van der Waals surface area contributed by atoms with Crippen molar-refractivity contribution in [3.8, 4) is 0 Å². The maximum Gasteiger partial charge on any atom is 0.239 e. The van der Waals surface area contributed by atoms with Crippen LogP contribution < -0.4 is 10.6 Å². The molecule has 0 atom stereocenters. The number of hydrogen-bond acceptors (Lipinski definition) is 3. The molecular weight excluding hydrogens is 209 g/mol. The van der Waals surface area contributed by atoms with Gasteiger partial charge in [-0.15, -0.1) is 0 Å². The predicted molar refractivity (Wildman–Crippen MR) is 58.4 cm³/mol. The molecule has 0 aliphatic heterocycles. The molecule has 2 N–H and O–H groups in total. The average Bonchev–Trinajstić information content (AvgIpc) is 3.05. The highest BCUT2D eigenvalue weighted by atomic mass is 19.1. The zero-order valence-corrected chi connectivity index (χ0v) is 8.87. The molecular formula is C11H14FN3O. The smallest absolute Gasteiger partial charge is 0.239 e. The van der Waals surface area contributed by atoms with Crippen molar-refractivity contribution in [1.82, 2.24) is 10.3 Å². The number of halogens is 1. The number of carbonyl (C=O) groups is 1. The third-order valence-corrected chi connectivity index (χ3v) is 2.41. The van der Waals surface area contributed by atoms with Crippen LogP contribution >= 0.6 is 0 Å². The van der Waals surface area contributed by atoms with E-state index in [2.05, 4.69) is 15.6 Å². The fraction of sp³-hybridized carbons (Fsp3) is 0.455. The fourth-order valence-corrected chi connectivity index (χ4v) is 1.35. The lowest BCUT2D eigenvalue weighted by Crippen LogP contribution is -2.29. The molecule has 0 bridgehead atoms. The first-order valence-corrected chi connectivity index (χ1v) is 5.36. The normalized spacial score (nSPS) is 14.8. The van der Waals surface area contributed by atoms with E-state index in [9.17, 15) is 9.18 Å². The summed E-state index contributed by atoms with van der Waals surface area (Å²) in [6, 6.07) is 2.70. The molecule has 86 valence electrons. The van der Waals surface area contributed by atoms with E-state index < -0.39 is 5.82 Å². The van der Waals surface area contributed by atoms with Gasteiger partial charge >= 0.3 is 0 Å². The summed E-state index contributed by atoms with van der Waals surface area (Å²) >= 11 is 0. The standard InChI is InChI=1S/C11H14FN3O/c12-9-3-4-10(14-6-9)15-11(16)7-13-5-8-1-2-8/h3-4,6,8,13H,1-2,5,7H2,(H,14,15,16). The fourth-order valence-electron chi connectivity index (χ4n) is 1.35. The van der Waals surface area contributed by atoms with Crippen molar-refractivity contribution in [2.45, 2.75) is 12.8 Å². The molecule has 1 fully saturated rings. The second-order valence-corrected chi connectivity index (χ2v) is 3.98. The molecule has 0 saturated heterocycles. The SMILES string of the molecule is O=C(CNCC1CC1)Nc1ccc(F)cn1. The van der Waals surface area contributed by atoms with Crippen molar-refractivity contribution in [2.75, 3.05) is 18.4 Å². The third-order valence-electron chi connectivity index (χ3n) is 2.41. The number of nitrogens with zero attached hydrogens (tertiary/aromatic N) is 1. The van der Waals surface area contributed by atoms with Crippen molar-refractivity contribution < 1.29 is 9.18 Å². The first-order chi connectivity index (χ1) is 7.74. The zero-order chi connectivity index (χ0) is 11.4. The van der Waals surface area contributed by atoms with Crippen LogP contribution in [0.3, 0.4) is 0 Å². The Morgan fingerprint density at radius 1 is 1.50 bits per heavy atom. The number of amides is 1. The van der Waals surface area contributed by atoms with Crippen molar-refractivity contribution in [3.05, 3.63) is 24.1 Å². The first kappa shape index (κ1) is 11.0. The van der Waals surface area contributed by atoms with Gasteiger partial charge in [0.05, 0.1) is 12.7 Å². The maximum absolute atomic E-state index is 12.5. The minimum Gasteiger partial charge on any atom is -0.310 e. The van der Waals surface area contributed by atoms with Gasteiger partial charge in [-0.3, -0.25) is 4.79 Å². The molecule has 1 saturated carbocycles. The molecule has 1 aliphatic carbocycles. The van der Waals surface area contributed by atoms with E-state index in [1.807, 2.05) is 0 Å². The highest BCUT2D eigenvalue weighted by Crippen LogP contribution is 2.27. The van der Waals surface area contributed by atoms with E-state index in [0.29, 0.717) is 5.82 Å². The van der Waals surface area contributed by atoms with Gasteiger partial charge in [0.2, 0.25) is 5.91 Å². The summed E-state index contributed by atoms with van der Waals surface area (Å²) < 4.78 is 12.5. The Hall–Kier alpha value is -1.49. The van der Waals surface area contributed by atoms with E-state index in [1.165, 1.54) is 25.0 Å². The second kappa shape index (κ2) is 5.03. The molecule has 1 aliphatic rings. The number of carbonyl (C=O) groups excluding carboxylic acids is 1. The zero-order valence-electron chi connectivity index (χ0n) is 8.87. The molecule has 1 heterocycles. The van der Waals surface area contributed by atoms with Crippen LogP contribution in [0.1, 0.15) is 12.8 Å². The maximum atomic E-state index is 12.5. The molecule has 5 heteroatoms. The first-order valence-electron chi connectivity index (χ1n) is 5.36. The van der Waals surface area contributed by atoms with Crippen LogP contribution in [0.25, 0.3) is 0 Å². The van der Waals surface area contributed by atoms with Gasteiger partial charge in [-0.1, -0.05) is 0 Å². The van der Waals surface area contributed by atoms with Gasteiger partial charge in [-0.25, -0.2) is 9.37 Å². The Morgan fingerprint density at radius 3 is 2.94 bits per heavy atom. The third kappa shape index (κ3) is 3.58. The van der Waals surface area contributed by atoms with E-state index in [4.69, 9.17) is 0 Å². The molecule has 2 rings (SSSR count). The van der Waals surface area contributed by atoms with E-state index in [0.717, 1.165) is 18.7 Å².